The van der Waals surface area contributed by atoms with Gasteiger partial charge in [-0.3, -0.25) is 9.59 Å². The zero-order chi connectivity index (χ0) is 15.2. The Morgan fingerprint density at radius 2 is 1.95 bits per heavy atom. The molecule has 1 saturated carbocycles. The summed E-state index contributed by atoms with van der Waals surface area (Å²) in [6.07, 6.45) is 8.38. The van der Waals surface area contributed by atoms with Crippen molar-refractivity contribution in [3.63, 3.8) is 0 Å². The van der Waals surface area contributed by atoms with Crippen molar-refractivity contribution in [2.75, 3.05) is 0 Å². The summed E-state index contributed by atoms with van der Waals surface area (Å²) >= 11 is 0. The minimum atomic E-state index is -0.396. The van der Waals surface area contributed by atoms with E-state index in [4.69, 9.17) is 0 Å². The molecule has 1 heterocycles. The fourth-order valence-corrected chi connectivity index (χ4v) is 2.89. The maximum absolute atomic E-state index is 12.5. The van der Waals surface area contributed by atoms with Gasteiger partial charge >= 0.3 is 0 Å². The molecule has 21 heavy (non-hydrogen) atoms. The van der Waals surface area contributed by atoms with Crippen molar-refractivity contribution in [1.82, 2.24) is 15.3 Å². The van der Waals surface area contributed by atoms with E-state index in [2.05, 4.69) is 15.3 Å². The number of hydrogen-bond acceptors (Lipinski definition) is 4. The number of nitrogens with zero attached hydrogens (tertiary/aromatic N) is 2. The average Bonchev–Trinajstić information content (AvgIpc) is 2.53. The van der Waals surface area contributed by atoms with E-state index in [1.807, 2.05) is 13.8 Å². The molecule has 5 nitrogen and oxygen atoms in total. The second kappa shape index (κ2) is 7.29. The second-order valence-electron chi connectivity index (χ2n) is 6.00. The van der Waals surface area contributed by atoms with Gasteiger partial charge in [-0.1, -0.05) is 33.1 Å². The first-order valence-corrected chi connectivity index (χ1v) is 7.70. The van der Waals surface area contributed by atoms with Crippen LogP contribution in [0.15, 0.2) is 18.6 Å². The monoisotopic (exact) mass is 289 g/mol. The molecule has 2 rings (SSSR count). The molecule has 0 aliphatic heterocycles. The lowest BCUT2D eigenvalue weighted by molar-refractivity contribution is -0.125. The normalized spacial score (nSPS) is 17.5. The van der Waals surface area contributed by atoms with Crippen LogP contribution in [0.1, 0.15) is 56.4 Å². The SMILES string of the molecule is CC(C)C(=O)C(NC(=O)c1ccncn1)C1CCCCC1. The molecular weight excluding hydrogens is 266 g/mol. The van der Waals surface area contributed by atoms with Gasteiger partial charge in [0.2, 0.25) is 0 Å². The Morgan fingerprint density at radius 3 is 2.52 bits per heavy atom. The molecule has 5 heteroatoms. The van der Waals surface area contributed by atoms with Crippen molar-refractivity contribution in [3.8, 4) is 0 Å². The van der Waals surface area contributed by atoms with Gasteiger partial charge in [0, 0.05) is 12.1 Å². The van der Waals surface area contributed by atoms with E-state index in [0.717, 1.165) is 25.7 Å². The van der Waals surface area contributed by atoms with Crippen molar-refractivity contribution >= 4 is 11.7 Å². The van der Waals surface area contributed by atoms with Gasteiger partial charge in [0.25, 0.3) is 5.91 Å². The zero-order valence-corrected chi connectivity index (χ0v) is 12.7. The molecule has 0 bridgehead atoms. The zero-order valence-electron chi connectivity index (χ0n) is 12.7. The molecule has 0 radical (unpaired) electrons. The summed E-state index contributed by atoms with van der Waals surface area (Å²) in [5.41, 5.74) is 0.308. The van der Waals surface area contributed by atoms with Crippen LogP contribution in [0, 0.1) is 11.8 Å². The summed E-state index contributed by atoms with van der Waals surface area (Å²) < 4.78 is 0. The molecule has 0 aromatic carbocycles. The molecule has 1 unspecified atom stereocenters. The quantitative estimate of drug-likeness (QED) is 0.903. The first kappa shape index (κ1) is 15.6. The van der Waals surface area contributed by atoms with Gasteiger partial charge in [0.1, 0.15) is 12.0 Å². The molecule has 1 aliphatic rings. The number of aromatic nitrogens is 2. The molecule has 1 aliphatic carbocycles. The van der Waals surface area contributed by atoms with Gasteiger partial charge in [-0.15, -0.1) is 0 Å². The Hall–Kier alpha value is -1.78. The molecule has 0 saturated heterocycles. The third kappa shape index (κ3) is 4.09. The Morgan fingerprint density at radius 1 is 1.24 bits per heavy atom. The van der Waals surface area contributed by atoms with Crippen LogP contribution in [0.3, 0.4) is 0 Å². The first-order valence-electron chi connectivity index (χ1n) is 7.70. The number of Topliss-reactive ketones (excluding diaryl/α,β-unsaturated/α-hetero) is 1. The largest absolute Gasteiger partial charge is 0.341 e. The van der Waals surface area contributed by atoms with Crippen molar-refractivity contribution in [3.05, 3.63) is 24.3 Å². The predicted octanol–water partition coefficient (Wildman–Crippen LogP) is 2.38. The fraction of sp³-hybridized carbons (Fsp3) is 0.625. The summed E-state index contributed by atoms with van der Waals surface area (Å²) in [5.74, 6) is -0.00616. The molecule has 1 aromatic rings. The lowest BCUT2D eigenvalue weighted by atomic mass is 9.80. The lowest BCUT2D eigenvalue weighted by Gasteiger charge is -2.30. The Bertz CT molecular complexity index is 482. The standard InChI is InChI=1S/C16H23N3O2/c1-11(2)15(20)14(12-6-4-3-5-7-12)19-16(21)13-8-9-17-10-18-13/h8-12,14H,3-7H2,1-2H3,(H,19,21). The van der Waals surface area contributed by atoms with Crippen molar-refractivity contribution in [2.45, 2.75) is 52.0 Å². The van der Waals surface area contributed by atoms with Crippen LogP contribution in [-0.4, -0.2) is 27.7 Å². The minimum Gasteiger partial charge on any atom is -0.341 e. The van der Waals surface area contributed by atoms with Crippen molar-refractivity contribution < 1.29 is 9.59 Å². The molecule has 1 aromatic heterocycles. The summed E-state index contributed by atoms with van der Waals surface area (Å²) in [6, 6.07) is 1.17. The Kier molecular flexibility index (Phi) is 5.42. The van der Waals surface area contributed by atoms with E-state index in [9.17, 15) is 9.59 Å². The van der Waals surface area contributed by atoms with E-state index in [1.165, 1.54) is 18.9 Å². The van der Waals surface area contributed by atoms with Crippen LogP contribution in [0.4, 0.5) is 0 Å². The summed E-state index contributed by atoms with van der Waals surface area (Å²) in [6.45, 7) is 3.77. The number of hydrogen-bond donors (Lipinski definition) is 1. The number of carbonyl (C=O) groups is 2. The highest BCUT2D eigenvalue weighted by molar-refractivity contribution is 5.97. The van der Waals surface area contributed by atoms with Gasteiger partial charge in [0.15, 0.2) is 5.78 Å². The lowest BCUT2D eigenvalue weighted by Crippen LogP contribution is -2.48. The van der Waals surface area contributed by atoms with Crippen molar-refractivity contribution in [2.24, 2.45) is 11.8 Å². The molecule has 1 N–H and O–H groups in total. The maximum Gasteiger partial charge on any atom is 0.270 e. The van der Waals surface area contributed by atoms with E-state index in [0.29, 0.717) is 5.69 Å². The Labute approximate surface area is 125 Å². The van der Waals surface area contributed by atoms with Crippen LogP contribution in [0.2, 0.25) is 0 Å². The van der Waals surface area contributed by atoms with Gasteiger partial charge in [-0.2, -0.15) is 0 Å². The van der Waals surface area contributed by atoms with E-state index < -0.39 is 6.04 Å². The van der Waals surface area contributed by atoms with Crippen LogP contribution in [0.5, 0.6) is 0 Å². The fourth-order valence-electron chi connectivity index (χ4n) is 2.89. The number of nitrogens with one attached hydrogen (secondary N) is 1. The maximum atomic E-state index is 12.5. The van der Waals surface area contributed by atoms with E-state index >= 15 is 0 Å². The third-order valence-corrected chi connectivity index (χ3v) is 4.10. The molecule has 1 fully saturated rings. The Balaban J connectivity index is 2.11. The molecule has 1 atom stereocenters. The summed E-state index contributed by atoms with van der Waals surface area (Å²) in [4.78, 5) is 32.5. The average molecular weight is 289 g/mol. The van der Waals surface area contributed by atoms with Gasteiger partial charge < -0.3 is 5.32 Å². The summed E-state index contributed by atoms with van der Waals surface area (Å²) in [7, 11) is 0. The van der Waals surface area contributed by atoms with E-state index in [-0.39, 0.29) is 23.5 Å². The molecule has 114 valence electrons. The van der Waals surface area contributed by atoms with Crippen LogP contribution >= 0.6 is 0 Å². The van der Waals surface area contributed by atoms with Crippen LogP contribution in [0.25, 0.3) is 0 Å². The predicted molar refractivity (Wildman–Crippen MR) is 79.7 cm³/mol. The smallest absolute Gasteiger partial charge is 0.270 e. The second-order valence-corrected chi connectivity index (χ2v) is 6.00. The molecular formula is C16H23N3O2. The highest BCUT2D eigenvalue weighted by atomic mass is 16.2. The van der Waals surface area contributed by atoms with E-state index in [1.54, 1.807) is 6.07 Å². The number of rotatable bonds is 5. The third-order valence-electron chi connectivity index (χ3n) is 4.10. The number of amides is 1. The van der Waals surface area contributed by atoms with Crippen LogP contribution < -0.4 is 5.32 Å². The molecule has 0 spiro atoms. The minimum absolute atomic E-state index is 0.0809. The topological polar surface area (TPSA) is 72.0 Å². The van der Waals surface area contributed by atoms with Gasteiger partial charge in [0.05, 0.1) is 6.04 Å². The highest BCUT2D eigenvalue weighted by Gasteiger charge is 2.32. The van der Waals surface area contributed by atoms with Gasteiger partial charge in [-0.25, -0.2) is 9.97 Å². The summed E-state index contributed by atoms with van der Waals surface area (Å²) in [5, 5.41) is 2.91. The molecule has 1 amide bonds. The van der Waals surface area contributed by atoms with Crippen LogP contribution in [-0.2, 0) is 4.79 Å². The van der Waals surface area contributed by atoms with Gasteiger partial charge in [-0.05, 0) is 24.8 Å². The number of ketones is 1. The first-order chi connectivity index (χ1) is 10.1. The van der Waals surface area contributed by atoms with Crippen molar-refractivity contribution in [1.29, 1.82) is 0 Å². The number of carbonyl (C=O) groups excluding carboxylic acids is 2. The highest BCUT2D eigenvalue weighted by Crippen LogP contribution is 2.28.